The highest BCUT2D eigenvalue weighted by Crippen LogP contribution is 2.28. The Morgan fingerprint density at radius 3 is 2.64 bits per heavy atom. The van der Waals surface area contributed by atoms with Crippen LogP contribution in [0.2, 0.25) is 5.02 Å². The van der Waals surface area contributed by atoms with Gasteiger partial charge in [-0.1, -0.05) is 11.6 Å². The molecule has 1 aromatic carbocycles. The number of aryl methyl sites for hydroxylation is 1. The van der Waals surface area contributed by atoms with Crippen molar-refractivity contribution in [2.75, 3.05) is 6.54 Å². The van der Waals surface area contributed by atoms with Crippen LogP contribution in [0, 0.1) is 19.7 Å². The lowest BCUT2D eigenvalue weighted by atomic mass is 9.98. The van der Waals surface area contributed by atoms with Gasteiger partial charge < -0.3 is 10.8 Å². The van der Waals surface area contributed by atoms with Crippen LogP contribution in [0.3, 0.4) is 0 Å². The maximum atomic E-state index is 13.5. The molecule has 0 saturated heterocycles. The van der Waals surface area contributed by atoms with Gasteiger partial charge in [0, 0.05) is 12.1 Å². The number of aliphatic hydroxyl groups excluding tert-OH is 1. The van der Waals surface area contributed by atoms with Gasteiger partial charge in [-0.15, -0.1) is 0 Å². The summed E-state index contributed by atoms with van der Waals surface area (Å²) in [6.45, 7) is 3.54. The third-order valence-electron chi connectivity index (χ3n) is 2.34. The highest BCUT2D eigenvalue weighted by molar-refractivity contribution is 6.30. The minimum absolute atomic E-state index is 0.0163. The molecule has 0 aliphatic heterocycles. The molecule has 1 rings (SSSR count). The van der Waals surface area contributed by atoms with Crippen LogP contribution in [0.15, 0.2) is 6.07 Å². The van der Waals surface area contributed by atoms with E-state index in [0.717, 1.165) is 5.56 Å². The molecule has 0 saturated carbocycles. The quantitative estimate of drug-likeness (QED) is 0.797. The average Bonchev–Trinajstić information content (AvgIpc) is 2.15. The van der Waals surface area contributed by atoms with Gasteiger partial charge in [0.2, 0.25) is 0 Å². The maximum Gasteiger partial charge on any atom is 0.147 e. The van der Waals surface area contributed by atoms with Gasteiger partial charge >= 0.3 is 0 Å². The number of nitrogens with two attached hydrogens (primary N) is 1. The molecule has 0 aliphatic rings. The number of aliphatic hydroxyl groups is 1. The van der Waals surface area contributed by atoms with Crippen molar-refractivity contribution in [3.63, 3.8) is 0 Å². The lowest BCUT2D eigenvalue weighted by Crippen LogP contribution is -2.15. The van der Waals surface area contributed by atoms with Gasteiger partial charge in [0.25, 0.3) is 0 Å². The number of hydrogen-bond acceptors (Lipinski definition) is 2. The SMILES string of the molecule is Cc1cc(Cl)c(F)c(C(O)CN)c1C. The Kier molecular flexibility index (Phi) is 3.48. The summed E-state index contributed by atoms with van der Waals surface area (Å²) in [6, 6.07) is 1.54. The van der Waals surface area contributed by atoms with E-state index in [9.17, 15) is 9.50 Å². The second kappa shape index (κ2) is 4.26. The Balaban J connectivity index is 3.39. The molecular formula is C10H13ClFNO. The van der Waals surface area contributed by atoms with E-state index < -0.39 is 11.9 Å². The van der Waals surface area contributed by atoms with Gasteiger partial charge in [0.1, 0.15) is 5.82 Å². The maximum absolute atomic E-state index is 13.5. The van der Waals surface area contributed by atoms with Crippen LogP contribution in [0.1, 0.15) is 22.8 Å². The number of benzene rings is 1. The van der Waals surface area contributed by atoms with E-state index in [4.69, 9.17) is 17.3 Å². The van der Waals surface area contributed by atoms with E-state index in [1.54, 1.807) is 13.0 Å². The lowest BCUT2D eigenvalue weighted by molar-refractivity contribution is 0.181. The van der Waals surface area contributed by atoms with Crippen molar-refractivity contribution in [3.8, 4) is 0 Å². The highest BCUT2D eigenvalue weighted by atomic mass is 35.5. The minimum Gasteiger partial charge on any atom is -0.387 e. The molecule has 0 aliphatic carbocycles. The van der Waals surface area contributed by atoms with Crippen molar-refractivity contribution in [3.05, 3.63) is 33.6 Å². The third-order valence-corrected chi connectivity index (χ3v) is 2.62. The second-order valence-electron chi connectivity index (χ2n) is 3.28. The fraction of sp³-hybridized carbons (Fsp3) is 0.400. The molecular weight excluding hydrogens is 205 g/mol. The zero-order valence-corrected chi connectivity index (χ0v) is 8.90. The topological polar surface area (TPSA) is 46.2 Å². The van der Waals surface area contributed by atoms with E-state index >= 15 is 0 Å². The lowest BCUT2D eigenvalue weighted by Gasteiger charge is -2.15. The van der Waals surface area contributed by atoms with Crippen molar-refractivity contribution >= 4 is 11.6 Å². The largest absolute Gasteiger partial charge is 0.387 e. The molecule has 0 spiro atoms. The van der Waals surface area contributed by atoms with Crippen LogP contribution in [-0.2, 0) is 0 Å². The molecule has 2 nitrogen and oxygen atoms in total. The molecule has 0 heterocycles. The molecule has 3 N–H and O–H groups in total. The standard InChI is InChI=1S/C10H13ClFNO/c1-5-3-7(11)10(12)9(6(5)2)8(14)4-13/h3,8,14H,4,13H2,1-2H3. The van der Waals surface area contributed by atoms with Crippen LogP contribution in [0.25, 0.3) is 0 Å². The summed E-state index contributed by atoms with van der Waals surface area (Å²) >= 11 is 5.67. The number of halogens is 2. The Morgan fingerprint density at radius 1 is 1.57 bits per heavy atom. The summed E-state index contributed by atoms with van der Waals surface area (Å²) in [5.74, 6) is -0.576. The third kappa shape index (κ3) is 1.90. The van der Waals surface area contributed by atoms with Crippen molar-refractivity contribution in [2.24, 2.45) is 5.73 Å². The molecule has 0 bridgehead atoms. The molecule has 14 heavy (non-hydrogen) atoms. The Morgan fingerprint density at radius 2 is 2.14 bits per heavy atom. The number of rotatable bonds is 2. The van der Waals surface area contributed by atoms with E-state index in [2.05, 4.69) is 0 Å². The van der Waals surface area contributed by atoms with Crippen LogP contribution < -0.4 is 5.73 Å². The monoisotopic (exact) mass is 217 g/mol. The van der Waals surface area contributed by atoms with Gasteiger partial charge in [0.15, 0.2) is 0 Å². The Labute approximate surface area is 87.5 Å². The zero-order chi connectivity index (χ0) is 10.9. The fourth-order valence-corrected chi connectivity index (χ4v) is 1.65. The van der Waals surface area contributed by atoms with Gasteiger partial charge in [-0.25, -0.2) is 4.39 Å². The van der Waals surface area contributed by atoms with Crippen molar-refractivity contribution in [1.82, 2.24) is 0 Å². The molecule has 1 aromatic rings. The van der Waals surface area contributed by atoms with E-state index in [1.165, 1.54) is 0 Å². The molecule has 1 atom stereocenters. The normalized spacial score (nSPS) is 13.0. The first-order chi connectivity index (χ1) is 6.49. The smallest absolute Gasteiger partial charge is 0.147 e. The predicted octanol–water partition coefficient (Wildman–Crippen LogP) is 2.09. The first-order valence-corrected chi connectivity index (χ1v) is 4.70. The molecule has 1 unspecified atom stereocenters. The van der Waals surface area contributed by atoms with Gasteiger partial charge in [-0.05, 0) is 31.0 Å². The zero-order valence-electron chi connectivity index (χ0n) is 8.14. The summed E-state index contributed by atoms with van der Waals surface area (Å²) in [5, 5.41) is 9.54. The van der Waals surface area contributed by atoms with Crippen molar-refractivity contribution in [2.45, 2.75) is 20.0 Å². The molecule has 0 aromatic heterocycles. The van der Waals surface area contributed by atoms with Crippen molar-refractivity contribution < 1.29 is 9.50 Å². The summed E-state index contributed by atoms with van der Waals surface area (Å²) in [6.07, 6.45) is -0.993. The fourth-order valence-electron chi connectivity index (χ4n) is 1.38. The predicted molar refractivity (Wildman–Crippen MR) is 54.9 cm³/mol. The van der Waals surface area contributed by atoms with Crippen molar-refractivity contribution in [1.29, 1.82) is 0 Å². The van der Waals surface area contributed by atoms with Gasteiger partial charge in [-0.3, -0.25) is 0 Å². The van der Waals surface area contributed by atoms with E-state index in [1.807, 2.05) is 6.92 Å². The Bertz CT molecular complexity index is 328. The van der Waals surface area contributed by atoms with Crippen LogP contribution >= 0.6 is 11.6 Å². The molecule has 78 valence electrons. The highest BCUT2D eigenvalue weighted by Gasteiger charge is 2.18. The van der Waals surface area contributed by atoms with Crippen LogP contribution in [-0.4, -0.2) is 11.7 Å². The minimum atomic E-state index is -0.993. The molecule has 4 heteroatoms. The molecule has 0 fully saturated rings. The van der Waals surface area contributed by atoms with Crippen LogP contribution in [0.4, 0.5) is 4.39 Å². The molecule has 0 amide bonds. The number of hydrogen-bond donors (Lipinski definition) is 2. The first kappa shape index (κ1) is 11.4. The van der Waals surface area contributed by atoms with Crippen LogP contribution in [0.5, 0.6) is 0 Å². The van der Waals surface area contributed by atoms with Gasteiger partial charge in [0.05, 0.1) is 11.1 Å². The van der Waals surface area contributed by atoms with Gasteiger partial charge in [-0.2, -0.15) is 0 Å². The first-order valence-electron chi connectivity index (χ1n) is 4.32. The molecule has 0 radical (unpaired) electrons. The second-order valence-corrected chi connectivity index (χ2v) is 3.69. The summed E-state index contributed by atoms with van der Waals surface area (Å²) in [5.41, 5.74) is 7.03. The van der Waals surface area contributed by atoms with E-state index in [0.29, 0.717) is 5.56 Å². The summed E-state index contributed by atoms with van der Waals surface area (Å²) < 4.78 is 13.5. The summed E-state index contributed by atoms with van der Waals surface area (Å²) in [7, 11) is 0. The average molecular weight is 218 g/mol. The Hall–Kier alpha value is -0.640. The van der Waals surface area contributed by atoms with E-state index in [-0.39, 0.29) is 17.1 Å². The summed E-state index contributed by atoms with van der Waals surface area (Å²) in [4.78, 5) is 0.